The van der Waals surface area contributed by atoms with Crippen LogP contribution in [0.25, 0.3) is 0 Å². The van der Waals surface area contributed by atoms with Gasteiger partial charge in [-0.05, 0) is 31.6 Å². The van der Waals surface area contributed by atoms with Crippen molar-refractivity contribution in [1.82, 2.24) is 0 Å². The van der Waals surface area contributed by atoms with Gasteiger partial charge in [0.2, 0.25) is 0 Å². The summed E-state index contributed by atoms with van der Waals surface area (Å²) in [5.41, 5.74) is -1.96. The summed E-state index contributed by atoms with van der Waals surface area (Å²) in [5.74, 6) is -8.04. The minimum atomic E-state index is -1.57. The number of rotatable bonds is 14. The van der Waals surface area contributed by atoms with Gasteiger partial charge in [0, 0.05) is 17.6 Å². The predicted octanol–water partition coefficient (Wildman–Crippen LogP) is 2.56. The summed E-state index contributed by atoms with van der Waals surface area (Å²) in [4.78, 5) is 57.0. The van der Waals surface area contributed by atoms with Crippen LogP contribution in [0.3, 0.4) is 0 Å². The molecule has 1 unspecified atom stereocenters. The number of hydrogen-bond donors (Lipinski definition) is 5. The highest BCUT2D eigenvalue weighted by Crippen LogP contribution is 2.28. The van der Waals surface area contributed by atoms with Crippen LogP contribution in [-0.4, -0.2) is 55.4 Å². The van der Waals surface area contributed by atoms with Gasteiger partial charge in [0.1, 0.15) is 0 Å². The second-order valence-corrected chi connectivity index (χ2v) is 6.46. The monoisotopic (exact) mass is 426 g/mol. The van der Waals surface area contributed by atoms with Gasteiger partial charge in [-0.15, -0.1) is 0 Å². The van der Waals surface area contributed by atoms with Gasteiger partial charge in [-0.2, -0.15) is 0 Å². The highest BCUT2D eigenvalue weighted by atomic mass is 16.4. The van der Waals surface area contributed by atoms with Crippen LogP contribution in [0, 0.1) is 5.92 Å². The van der Waals surface area contributed by atoms with E-state index in [1.54, 1.807) is 13.8 Å². The normalized spacial score (nSPS) is 13.9. The van der Waals surface area contributed by atoms with E-state index in [-0.39, 0.29) is 19.3 Å². The van der Waals surface area contributed by atoms with E-state index in [0.717, 1.165) is 0 Å². The first-order valence-corrected chi connectivity index (χ1v) is 9.22. The topological polar surface area (TPSA) is 186 Å². The molecule has 0 amide bonds. The average Bonchev–Trinajstić information content (AvgIpc) is 2.63. The molecule has 0 aromatic rings. The average molecular weight is 426 g/mol. The van der Waals surface area contributed by atoms with E-state index in [1.165, 1.54) is 12.2 Å². The Labute approximate surface area is 172 Å². The van der Waals surface area contributed by atoms with E-state index in [4.69, 9.17) is 5.11 Å². The molecule has 0 aliphatic heterocycles. The summed E-state index contributed by atoms with van der Waals surface area (Å²) < 4.78 is 0. The van der Waals surface area contributed by atoms with Crippen molar-refractivity contribution in [1.29, 1.82) is 0 Å². The molecule has 0 aromatic carbocycles. The zero-order valence-electron chi connectivity index (χ0n) is 16.8. The molecule has 5 N–H and O–H groups in total. The molecule has 166 valence electrons. The van der Waals surface area contributed by atoms with Crippen LogP contribution < -0.4 is 0 Å². The maximum Gasteiger partial charge on any atom is 0.336 e. The summed E-state index contributed by atoms with van der Waals surface area (Å²) in [6, 6.07) is 0. The lowest BCUT2D eigenvalue weighted by Crippen LogP contribution is -2.18. The van der Waals surface area contributed by atoms with Crippen molar-refractivity contribution in [2.75, 3.05) is 0 Å². The molecule has 0 spiro atoms. The molecule has 0 aliphatic carbocycles. The van der Waals surface area contributed by atoms with Crippen LogP contribution in [0.5, 0.6) is 0 Å². The van der Waals surface area contributed by atoms with Gasteiger partial charge in [-0.3, -0.25) is 4.79 Å². The van der Waals surface area contributed by atoms with Crippen molar-refractivity contribution in [2.45, 2.75) is 52.4 Å². The van der Waals surface area contributed by atoms with Crippen molar-refractivity contribution < 1.29 is 49.5 Å². The summed E-state index contributed by atoms with van der Waals surface area (Å²) in [5, 5.41) is 46.4. The van der Waals surface area contributed by atoms with Crippen LogP contribution in [0.15, 0.2) is 34.4 Å². The van der Waals surface area contributed by atoms with Crippen LogP contribution >= 0.6 is 0 Å². The molecule has 10 heteroatoms. The number of carboxylic acid groups (broad SMARTS) is 5. The lowest BCUT2D eigenvalue weighted by atomic mass is 9.86. The Hall–Kier alpha value is -3.43. The Bertz CT molecular complexity index is 785. The van der Waals surface area contributed by atoms with Crippen molar-refractivity contribution in [3.8, 4) is 0 Å². The van der Waals surface area contributed by atoms with Crippen molar-refractivity contribution in [2.24, 2.45) is 5.92 Å². The third-order valence-corrected chi connectivity index (χ3v) is 4.37. The molecule has 0 bridgehead atoms. The van der Waals surface area contributed by atoms with E-state index in [1.807, 2.05) is 0 Å². The summed E-state index contributed by atoms with van der Waals surface area (Å²) in [6.07, 6.45) is 1.61. The fourth-order valence-corrected chi connectivity index (χ4v) is 2.75. The van der Waals surface area contributed by atoms with Crippen LogP contribution in [0.1, 0.15) is 52.4 Å². The largest absolute Gasteiger partial charge is 0.481 e. The molecule has 0 aliphatic rings. The molecule has 10 nitrogen and oxygen atoms in total. The first-order chi connectivity index (χ1) is 14.0. The lowest BCUT2D eigenvalue weighted by molar-refractivity contribution is -0.138. The maximum atomic E-state index is 11.7. The zero-order valence-corrected chi connectivity index (χ0v) is 16.8. The van der Waals surface area contributed by atoms with Gasteiger partial charge in [-0.25, -0.2) is 19.2 Å². The highest BCUT2D eigenvalue weighted by molar-refractivity contribution is 6.01. The SMILES string of the molecule is CC/C=C/C(C(=O)O)=C(\CC(CC)C/C(C(=O)O)=C(\CCC(=O)O)C(=O)O)C(=O)O. The van der Waals surface area contributed by atoms with Gasteiger partial charge in [-0.1, -0.05) is 32.4 Å². The molecule has 0 rings (SSSR count). The Morgan fingerprint density at radius 2 is 1.20 bits per heavy atom. The Balaban J connectivity index is 6.17. The van der Waals surface area contributed by atoms with E-state index < -0.39 is 70.9 Å². The molecule has 30 heavy (non-hydrogen) atoms. The van der Waals surface area contributed by atoms with Crippen LogP contribution in [0.2, 0.25) is 0 Å². The summed E-state index contributed by atoms with van der Waals surface area (Å²) in [6.45, 7) is 3.36. The molecule has 0 saturated carbocycles. The smallest absolute Gasteiger partial charge is 0.336 e. The summed E-state index contributed by atoms with van der Waals surface area (Å²) >= 11 is 0. The molecule has 0 saturated heterocycles. The van der Waals surface area contributed by atoms with E-state index in [9.17, 15) is 44.4 Å². The number of aliphatic carboxylic acids is 5. The molecule has 0 fully saturated rings. The molecule has 1 atom stereocenters. The molecule has 0 radical (unpaired) electrons. The Morgan fingerprint density at radius 1 is 0.700 bits per heavy atom. The minimum Gasteiger partial charge on any atom is -0.481 e. The molecular formula is C20H26O10. The van der Waals surface area contributed by atoms with Gasteiger partial charge in [0.15, 0.2) is 0 Å². The van der Waals surface area contributed by atoms with Crippen LogP contribution in [-0.2, 0) is 24.0 Å². The maximum absolute atomic E-state index is 11.7. The third-order valence-electron chi connectivity index (χ3n) is 4.37. The fourth-order valence-electron chi connectivity index (χ4n) is 2.75. The van der Waals surface area contributed by atoms with Gasteiger partial charge >= 0.3 is 29.8 Å². The van der Waals surface area contributed by atoms with Gasteiger partial charge in [0.25, 0.3) is 0 Å². The number of carbonyl (C=O) groups is 5. The quantitative estimate of drug-likeness (QED) is 0.204. The van der Waals surface area contributed by atoms with Crippen molar-refractivity contribution in [3.05, 3.63) is 34.4 Å². The molecule has 0 aromatic heterocycles. The third kappa shape index (κ3) is 8.72. The molecule has 0 heterocycles. The second kappa shape index (κ2) is 12.9. The second-order valence-electron chi connectivity index (χ2n) is 6.46. The van der Waals surface area contributed by atoms with Crippen molar-refractivity contribution in [3.63, 3.8) is 0 Å². The molecular weight excluding hydrogens is 400 g/mol. The number of allylic oxidation sites excluding steroid dienone is 1. The fraction of sp³-hybridized carbons (Fsp3) is 0.450. The zero-order chi connectivity index (χ0) is 23.4. The van der Waals surface area contributed by atoms with E-state index in [2.05, 4.69) is 0 Å². The minimum absolute atomic E-state index is 0.240. The van der Waals surface area contributed by atoms with Gasteiger partial charge < -0.3 is 25.5 Å². The first-order valence-electron chi connectivity index (χ1n) is 9.22. The predicted molar refractivity (Wildman–Crippen MR) is 104 cm³/mol. The van der Waals surface area contributed by atoms with E-state index >= 15 is 0 Å². The van der Waals surface area contributed by atoms with Gasteiger partial charge in [0.05, 0.1) is 11.1 Å². The van der Waals surface area contributed by atoms with E-state index in [0.29, 0.717) is 6.42 Å². The standard InChI is InChI=1S/C20H26O10/c1-3-5-6-12(17(23)24)14(19(27)28)9-11(4-2)10-15(20(29)30)13(18(25)26)7-8-16(21)22/h5-6,11H,3-4,7-10H2,1-2H3,(H,21,22)(H,23,24)(H,25,26)(H,27,28)(H,29,30)/b6-5+,14-12-,15-13-. The number of hydrogen-bond acceptors (Lipinski definition) is 5. The lowest BCUT2D eigenvalue weighted by Gasteiger charge is -2.18. The Morgan fingerprint density at radius 3 is 1.57 bits per heavy atom. The highest BCUT2D eigenvalue weighted by Gasteiger charge is 2.27. The van der Waals surface area contributed by atoms with Crippen molar-refractivity contribution >= 4 is 29.8 Å². The summed E-state index contributed by atoms with van der Waals surface area (Å²) in [7, 11) is 0. The number of carboxylic acids is 5. The van der Waals surface area contributed by atoms with Crippen LogP contribution in [0.4, 0.5) is 0 Å². The Kier molecular flexibility index (Phi) is 11.4. The first kappa shape index (κ1) is 26.6.